The smallest absolute Gasteiger partial charge is 0.310 e. The summed E-state index contributed by atoms with van der Waals surface area (Å²) in [5, 5.41) is 0.583. The fourth-order valence-corrected chi connectivity index (χ4v) is 2.50. The van der Waals surface area contributed by atoms with Gasteiger partial charge in [-0.25, -0.2) is 4.98 Å². The molecule has 1 unspecified atom stereocenters. The van der Waals surface area contributed by atoms with Crippen molar-refractivity contribution in [2.75, 3.05) is 7.11 Å². The zero-order valence-electron chi connectivity index (χ0n) is 9.49. The second-order valence-corrected chi connectivity index (χ2v) is 4.35. The number of fused-ring (bicyclic) bond motifs is 1. The summed E-state index contributed by atoms with van der Waals surface area (Å²) < 4.78 is 6.84. The van der Waals surface area contributed by atoms with Gasteiger partial charge in [0, 0.05) is 13.0 Å². The van der Waals surface area contributed by atoms with Crippen LogP contribution in [-0.4, -0.2) is 22.6 Å². The quantitative estimate of drug-likeness (QED) is 0.744. The lowest BCUT2D eigenvalue weighted by Crippen LogP contribution is -2.28. The Bertz CT molecular complexity index is 414. The maximum atomic E-state index is 11.5. The molecule has 4 nitrogen and oxygen atoms in total. The van der Waals surface area contributed by atoms with E-state index in [1.54, 1.807) is 0 Å². The number of nitrogens with zero attached hydrogens (tertiary/aromatic N) is 2. The van der Waals surface area contributed by atoms with Gasteiger partial charge in [-0.3, -0.25) is 4.79 Å². The molecule has 0 spiro atoms. The molecule has 1 aliphatic heterocycles. The van der Waals surface area contributed by atoms with Gasteiger partial charge < -0.3 is 9.30 Å². The molecule has 0 aliphatic carbocycles. The van der Waals surface area contributed by atoms with Crippen LogP contribution in [0, 0.1) is 5.92 Å². The van der Waals surface area contributed by atoms with Crippen LogP contribution in [-0.2, 0) is 28.9 Å². The predicted molar refractivity (Wildman–Crippen MR) is 60.4 cm³/mol. The monoisotopic (exact) mass is 242 g/mol. The summed E-state index contributed by atoms with van der Waals surface area (Å²) in [5.74, 6) is 0.749. The number of carbonyl (C=O) groups excluding carboxylic acids is 1. The Labute approximate surface area is 99.6 Å². The second kappa shape index (κ2) is 4.45. The SMILES string of the molecule is CCc1nc(Cl)c2n1CC(C(=O)OC)CC2. The van der Waals surface area contributed by atoms with Crippen LogP contribution in [0.5, 0.6) is 0 Å². The lowest BCUT2D eigenvalue weighted by molar-refractivity contribution is -0.146. The molecule has 1 aliphatic rings. The van der Waals surface area contributed by atoms with Gasteiger partial charge in [0.05, 0.1) is 18.7 Å². The lowest BCUT2D eigenvalue weighted by atomic mass is 9.98. The highest BCUT2D eigenvalue weighted by molar-refractivity contribution is 6.30. The maximum absolute atomic E-state index is 11.5. The van der Waals surface area contributed by atoms with Crippen LogP contribution in [0.3, 0.4) is 0 Å². The van der Waals surface area contributed by atoms with E-state index in [1.165, 1.54) is 7.11 Å². The first-order chi connectivity index (χ1) is 7.67. The number of aryl methyl sites for hydroxylation is 1. The maximum Gasteiger partial charge on any atom is 0.310 e. The Hall–Kier alpha value is -1.03. The zero-order chi connectivity index (χ0) is 11.7. The van der Waals surface area contributed by atoms with Crippen molar-refractivity contribution in [3.8, 4) is 0 Å². The molecule has 0 fully saturated rings. The number of aromatic nitrogens is 2. The molecule has 5 heteroatoms. The van der Waals surface area contributed by atoms with Gasteiger partial charge in [-0.1, -0.05) is 18.5 Å². The van der Waals surface area contributed by atoms with Crippen LogP contribution in [0.4, 0.5) is 0 Å². The Balaban J connectivity index is 2.28. The predicted octanol–water partition coefficient (Wildman–Crippen LogP) is 1.83. The van der Waals surface area contributed by atoms with Gasteiger partial charge in [-0.15, -0.1) is 0 Å². The number of hydrogen-bond acceptors (Lipinski definition) is 3. The normalized spacial score (nSPS) is 19.3. The largest absolute Gasteiger partial charge is 0.469 e. The van der Waals surface area contributed by atoms with Crippen molar-refractivity contribution in [3.05, 3.63) is 16.7 Å². The first-order valence-electron chi connectivity index (χ1n) is 5.49. The van der Waals surface area contributed by atoms with Crippen LogP contribution in [0.1, 0.15) is 24.9 Å². The van der Waals surface area contributed by atoms with Crippen LogP contribution in [0.2, 0.25) is 5.15 Å². The number of rotatable bonds is 2. The summed E-state index contributed by atoms with van der Waals surface area (Å²) in [6, 6.07) is 0. The molecule has 2 rings (SSSR count). The number of carbonyl (C=O) groups is 1. The van der Waals surface area contributed by atoms with E-state index in [4.69, 9.17) is 16.3 Å². The fourth-order valence-electron chi connectivity index (χ4n) is 2.21. The third-order valence-corrected chi connectivity index (χ3v) is 3.39. The van der Waals surface area contributed by atoms with E-state index in [2.05, 4.69) is 9.55 Å². The van der Waals surface area contributed by atoms with Gasteiger partial charge in [-0.2, -0.15) is 0 Å². The summed E-state index contributed by atoms with van der Waals surface area (Å²) in [6.07, 6.45) is 2.42. The van der Waals surface area contributed by atoms with Crippen LogP contribution >= 0.6 is 11.6 Å². The van der Waals surface area contributed by atoms with Gasteiger partial charge >= 0.3 is 5.97 Å². The number of hydrogen-bond donors (Lipinski definition) is 0. The third-order valence-electron chi connectivity index (χ3n) is 3.09. The molecule has 0 radical (unpaired) electrons. The van der Waals surface area contributed by atoms with Crippen molar-refractivity contribution in [1.82, 2.24) is 9.55 Å². The molecule has 0 bridgehead atoms. The number of imidazole rings is 1. The van der Waals surface area contributed by atoms with E-state index in [0.717, 1.165) is 30.8 Å². The molecule has 16 heavy (non-hydrogen) atoms. The van der Waals surface area contributed by atoms with E-state index in [1.807, 2.05) is 6.92 Å². The van der Waals surface area contributed by atoms with Gasteiger partial charge in [0.2, 0.25) is 0 Å². The number of halogens is 1. The van der Waals surface area contributed by atoms with E-state index in [9.17, 15) is 4.79 Å². The zero-order valence-corrected chi connectivity index (χ0v) is 10.3. The number of methoxy groups -OCH3 is 1. The Morgan fingerprint density at radius 3 is 3.06 bits per heavy atom. The minimum absolute atomic E-state index is 0.0620. The summed E-state index contributed by atoms with van der Waals surface area (Å²) in [5.41, 5.74) is 1.05. The van der Waals surface area contributed by atoms with E-state index in [0.29, 0.717) is 11.7 Å². The molecule has 0 N–H and O–H groups in total. The average molecular weight is 243 g/mol. The molecule has 1 atom stereocenters. The fraction of sp³-hybridized carbons (Fsp3) is 0.636. The minimum atomic E-state index is -0.141. The molecule has 88 valence electrons. The van der Waals surface area contributed by atoms with Crippen molar-refractivity contribution in [1.29, 1.82) is 0 Å². The Kier molecular flexibility index (Phi) is 3.19. The average Bonchev–Trinajstić information content (AvgIpc) is 2.64. The highest BCUT2D eigenvalue weighted by atomic mass is 35.5. The molecule has 0 saturated carbocycles. The summed E-state index contributed by atoms with van der Waals surface area (Å²) in [6.45, 7) is 2.68. The molecule has 0 saturated heterocycles. The second-order valence-electron chi connectivity index (χ2n) is 3.99. The molecule has 1 aromatic heterocycles. The first kappa shape index (κ1) is 11.5. The van der Waals surface area contributed by atoms with Crippen LogP contribution in [0.15, 0.2) is 0 Å². The van der Waals surface area contributed by atoms with Crippen LogP contribution in [0.25, 0.3) is 0 Å². The number of ether oxygens (including phenoxy) is 1. The highest BCUT2D eigenvalue weighted by Crippen LogP contribution is 2.28. The van der Waals surface area contributed by atoms with Crippen molar-refractivity contribution >= 4 is 17.6 Å². The molecular weight excluding hydrogens is 228 g/mol. The molecule has 0 amide bonds. The van der Waals surface area contributed by atoms with E-state index >= 15 is 0 Å². The van der Waals surface area contributed by atoms with Crippen molar-refractivity contribution in [2.45, 2.75) is 32.7 Å². The molecule has 0 aromatic carbocycles. The van der Waals surface area contributed by atoms with Crippen molar-refractivity contribution < 1.29 is 9.53 Å². The van der Waals surface area contributed by atoms with E-state index in [-0.39, 0.29) is 11.9 Å². The molecule has 2 heterocycles. The standard InChI is InChI=1S/C11H15ClN2O2/c1-3-9-13-10(12)8-5-4-7(6-14(8)9)11(15)16-2/h7H,3-6H2,1-2H3. The Morgan fingerprint density at radius 1 is 1.69 bits per heavy atom. The van der Waals surface area contributed by atoms with E-state index < -0.39 is 0 Å². The molecular formula is C11H15ClN2O2. The van der Waals surface area contributed by atoms with Crippen LogP contribution < -0.4 is 0 Å². The van der Waals surface area contributed by atoms with Gasteiger partial charge in [0.15, 0.2) is 5.15 Å². The lowest BCUT2D eigenvalue weighted by Gasteiger charge is -2.23. The number of esters is 1. The van der Waals surface area contributed by atoms with Gasteiger partial charge in [-0.05, 0) is 12.8 Å². The topological polar surface area (TPSA) is 44.1 Å². The Morgan fingerprint density at radius 2 is 2.44 bits per heavy atom. The first-order valence-corrected chi connectivity index (χ1v) is 5.86. The van der Waals surface area contributed by atoms with Gasteiger partial charge in [0.1, 0.15) is 5.82 Å². The van der Waals surface area contributed by atoms with Crippen molar-refractivity contribution in [3.63, 3.8) is 0 Å². The summed E-state index contributed by atoms with van der Waals surface area (Å²) >= 11 is 6.05. The third kappa shape index (κ3) is 1.82. The molecule has 1 aromatic rings. The summed E-state index contributed by atoms with van der Waals surface area (Å²) in [7, 11) is 1.43. The van der Waals surface area contributed by atoms with Crippen molar-refractivity contribution in [2.24, 2.45) is 5.92 Å². The summed E-state index contributed by atoms with van der Waals surface area (Å²) in [4.78, 5) is 15.8. The highest BCUT2D eigenvalue weighted by Gasteiger charge is 2.28. The van der Waals surface area contributed by atoms with Gasteiger partial charge in [0.25, 0.3) is 0 Å². The minimum Gasteiger partial charge on any atom is -0.469 e.